The lowest BCUT2D eigenvalue weighted by atomic mass is 9.94. The van der Waals surface area contributed by atoms with Crippen LogP contribution in [0.2, 0.25) is 0 Å². The van der Waals surface area contributed by atoms with Gasteiger partial charge in [-0.2, -0.15) is 22.1 Å². The number of hydrogen-bond acceptors (Lipinski definition) is 5. The van der Waals surface area contributed by atoms with Gasteiger partial charge in [-0.1, -0.05) is 0 Å². The molecule has 1 saturated heterocycles. The van der Waals surface area contributed by atoms with E-state index in [2.05, 4.69) is 15.2 Å². The van der Waals surface area contributed by atoms with Crippen LogP contribution >= 0.6 is 0 Å². The van der Waals surface area contributed by atoms with E-state index in [0.717, 1.165) is 41.2 Å². The van der Waals surface area contributed by atoms with Gasteiger partial charge in [-0.25, -0.2) is 4.98 Å². The summed E-state index contributed by atoms with van der Waals surface area (Å²) < 4.78 is 27.2. The Bertz CT molecular complexity index is 834. The first-order chi connectivity index (χ1) is 11.8. The monoisotopic (exact) mass is 364 g/mol. The minimum atomic E-state index is -3.34. The van der Waals surface area contributed by atoms with E-state index in [0.29, 0.717) is 13.1 Å². The number of piperidine rings is 1. The molecule has 25 heavy (non-hydrogen) atoms. The molecule has 1 aliphatic heterocycles. The number of nitrogens with one attached hydrogen (secondary N) is 1. The predicted molar refractivity (Wildman–Crippen MR) is 95.2 cm³/mol. The Morgan fingerprint density at radius 1 is 1.20 bits per heavy atom. The van der Waals surface area contributed by atoms with E-state index >= 15 is 0 Å². The Morgan fingerprint density at radius 2 is 1.88 bits per heavy atom. The van der Waals surface area contributed by atoms with Crippen molar-refractivity contribution in [2.24, 2.45) is 0 Å². The summed E-state index contributed by atoms with van der Waals surface area (Å²) in [5, 5.41) is 7.19. The molecule has 0 saturated carbocycles. The smallest absolute Gasteiger partial charge is 0.281 e. The number of nitrogens with zero attached hydrogens (tertiary/aromatic N) is 5. The standard InChI is InChI=1S/C16H24N6O2S/c1-11-16(12(2)20-19-11)15-10-17-9-14(18-15)13-5-7-22(8-6-13)25(23,24)21(3)4/h9-10,13H,5-8H2,1-4H3,(H,19,20). The molecule has 0 aliphatic carbocycles. The molecule has 1 aliphatic rings. The topological polar surface area (TPSA) is 95.1 Å². The van der Waals surface area contributed by atoms with Crippen LogP contribution in [0.15, 0.2) is 12.4 Å². The maximum absolute atomic E-state index is 12.2. The zero-order chi connectivity index (χ0) is 18.2. The molecule has 0 unspecified atom stereocenters. The van der Waals surface area contributed by atoms with Gasteiger partial charge in [-0.05, 0) is 26.7 Å². The van der Waals surface area contributed by atoms with Gasteiger partial charge in [-0.3, -0.25) is 10.1 Å². The molecule has 2 aromatic heterocycles. The Kier molecular flexibility index (Phi) is 4.90. The predicted octanol–water partition coefficient (Wildman–Crippen LogP) is 1.47. The van der Waals surface area contributed by atoms with E-state index in [1.165, 1.54) is 8.61 Å². The summed E-state index contributed by atoms with van der Waals surface area (Å²) in [7, 11) is -0.219. The van der Waals surface area contributed by atoms with Gasteiger partial charge < -0.3 is 0 Å². The molecule has 1 fully saturated rings. The van der Waals surface area contributed by atoms with Gasteiger partial charge in [0.25, 0.3) is 10.2 Å². The van der Waals surface area contributed by atoms with Gasteiger partial charge in [0.05, 0.1) is 23.3 Å². The number of aryl methyl sites for hydroxylation is 2. The van der Waals surface area contributed by atoms with Gasteiger partial charge in [0.15, 0.2) is 0 Å². The van der Waals surface area contributed by atoms with Crippen LogP contribution in [0.3, 0.4) is 0 Å². The minimum Gasteiger partial charge on any atom is -0.282 e. The fraction of sp³-hybridized carbons (Fsp3) is 0.562. The van der Waals surface area contributed by atoms with E-state index in [9.17, 15) is 8.42 Å². The van der Waals surface area contributed by atoms with Crippen LogP contribution in [-0.4, -0.2) is 64.4 Å². The maximum atomic E-state index is 12.2. The quantitative estimate of drug-likeness (QED) is 0.886. The molecule has 0 atom stereocenters. The molecular formula is C16H24N6O2S. The SMILES string of the molecule is Cc1n[nH]c(C)c1-c1cncc(C2CCN(S(=O)(=O)N(C)C)CC2)n1. The number of aromatic nitrogens is 4. The van der Waals surface area contributed by atoms with Crippen LogP contribution in [0.25, 0.3) is 11.3 Å². The first-order valence-electron chi connectivity index (χ1n) is 8.32. The molecule has 0 amide bonds. The first-order valence-corrected chi connectivity index (χ1v) is 9.72. The normalized spacial score (nSPS) is 17.3. The zero-order valence-corrected chi connectivity index (χ0v) is 15.8. The van der Waals surface area contributed by atoms with Crippen molar-refractivity contribution < 1.29 is 8.42 Å². The van der Waals surface area contributed by atoms with Crippen LogP contribution in [0.4, 0.5) is 0 Å². The van der Waals surface area contributed by atoms with Crippen LogP contribution in [0.5, 0.6) is 0 Å². The molecule has 3 rings (SSSR count). The lowest BCUT2D eigenvalue weighted by Gasteiger charge is -2.32. The van der Waals surface area contributed by atoms with Gasteiger partial charge in [0, 0.05) is 50.6 Å². The first kappa shape index (κ1) is 18.0. The summed E-state index contributed by atoms with van der Waals surface area (Å²) >= 11 is 0. The van der Waals surface area contributed by atoms with Gasteiger partial charge in [-0.15, -0.1) is 0 Å². The van der Waals surface area contributed by atoms with Crippen molar-refractivity contribution >= 4 is 10.2 Å². The molecule has 3 heterocycles. The van der Waals surface area contributed by atoms with E-state index in [1.807, 2.05) is 13.8 Å². The van der Waals surface area contributed by atoms with E-state index in [4.69, 9.17) is 4.98 Å². The molecule has 136 valence electrons. The molecule has 0 spiro atoms. The van der Waals surface area contributed by atoms with Gasteiger partial charge in [0.2, 0.25) is 0 Å². The third-order valence-corrected chi connectivity index (χ3v) is 6.64. The summed E-state index contributed by atoms with van der Waals surface area (Å²) in [6.45, 7) is 4.91. The van der Waals surface area contributed by atoms with E-state index in [1.54, 1.807) is 26.5 Å². The molecule has 8 nitrogen and oxygen atoms in total. The molecule has 0 bridgehead atoms. The van der Waals surface area contributed by atoms with Gasteiger partial charge in [0.1, 0.15) is 0 Å². The van der Waals surface area contributed by atoms with Crippen molar-refractivity contribution in [1.82, 2.24) is 28.8 Å². The van der Waals surface area contributed by atoms with E-state index in [-0.39, 0.29) is 5.92 Å². The number of hydrogen-bond donors (Lipinski definition) is 1. The Balaban J connectivity index is 1.78. The number of rotatable bonds is 4. The highest BCUT2D eigenvalue weighted by Gasteiger charge is 2.30. The molecular weight excluding hydrogens is 340 g/mol. The fourth-order valence-corrected chi connectivity index (χ4v) is 4.37. The molecule has 1 N–H and O–H groups in total. The maximum Gasteiger partial charge on any atom is 0.281 e. The van der Waals surface area contributed by atoms with Crippen molar-refractivity contribution in [1.29, 1.82) is 0 Å². The Labute approximate surface area is 148 Å². The van der Waals surface area contributed by atoms with Crippen LogP contribution < -0.4 is 0 Å². The molecule has 2 aromatic rings. The minimum absolute atomic E-state index is 0.216. The molecule has 0 aromatic carbocycles. The Hall–Kier alpha value is -1.84. The highest BCUT2D eigenvalue weighted by atomic mass is 32.2. The van der Waals surface area contributed by atoms with Crippen LogP contribution in [0, 0.1) is 13.8 Å². The largest absolute Gasteiger partial charge is 0.282 e. The second-order valence-electron chi connectivity index (χ2n) is 6.60. The fourth-order valence-electron chi connectivity index (χ4n) is 3.24. The lowest BCUT2D eigenvalue weighted by molar-refractivity contribution is 0.300. The second-order valence-corrected chi connectivity index (χ2v) is 8.74. The number of H-pyrrole nitrogens is 1. The lowest BCUT2D eigenvalue weighted by Crippen LogP contribution is -2.44. The highest BCUT2D eigenvalue weighted by molar-refractivity contribution is 7.86. The van der Waals surface area contributed by atoms with Crippen LogP contribution in [-0.2, 0) is 10.2 Å². The summed E-state index contributed by atoms with van der Waals surface area (Å²) in [6, 6.07) is 0. The van der Waals surface area contributed by atoms with E-state index < -0.39 is 10.2 Å². The second kappa shape index (κ2) is 6.81. The van der Waals surface area contributed by atoms with Crippen molar-refractivity contribution in [2.45, 2.75) is 32.6 Å². The van der Waals surface area contributed by atoms with Crippen molar-refractivity contribution in [3.8, 4) is 11.3 Å². The zero-order valence-electron chi connectivity index (χ0n) is 15.0. The molecule has 0 radical (unpaired) electrons. The average Bonchev–Trinajstić information content (AvgIpc) is 2.93. The summed E-state index contributed by atoms with van der Waals surface area (Å²) in [4.78, 5) is 9.13. The van der Waals surface area contributed by atoms with Crippen LogP contribution in [0.1, 0.15) is 35.8 Å². The third kappa shape index (κ3) is 3.44. The number of aromatic amines is 1. The average molecular weight is 364 g/mol. The van der Waals surface area contributed by atoms with Crippen molar-refractivity contribution in [2.75, 3.05) is 27.2 Å². The molecule has 9 heteroatoms. The van der Waals surface area contributed by atoms with Crippen molar-refractivity contribution in [3.05, 3.63) is 29.5 Å². The Morgan fingerprint density at radius 3 is 2.44 bits per heavy atom. The summed E-state index contributed by atoms with van der Waals surface area (Å²) in [6.07, 6.45) is 5.03. The third-order valence-electron chi connectivity index (χ3n) is 4.70. The highest BCUT2D eigenvalue weighted by Crippen LogP contribution is 2.30. The summed E-state index contributed by atoms with van der Waals surface area (Å²) in [5.74, 6) is 0.216. The van der Waals surface area contributed by atoms with Gasteiger partial charge >= 0.3 is 0 Å². The van der Waals surface area contributed by atoms with Crippen molar-refractivity contribution in [3.63, 3.8) is 0 Å². The summed E-state index contributed by atoms with van der Waals surface area (Å²) in [5.41, 5.74) is 4.58.